The summed E-state index contributed by atoms with van der Waals surface area (Å²) in [5, 5.41) is 12.5. The monoisotopic (exact) mass is 377 g/mol. The molecule has 3 aromatic rings. The third kappa shape index (κ3) is 4.67. The molecule has 0 aliphatic heterocycles. The number of carbonyl (C=O) groups excluding carboxylic acids is 1. The Balaban J connectivity index is 1.70. The minimum absolute atomic E-state index is 0.257. The Morgan fingerprint density at radius 2 is 2.07 bits per heavy atom. The number of ether oxygens (including phenoxy) is 2. The number of fused-ring (bicyclic) bond motifs is 1. The van der Waals surface area contributed by atoms with E-state index in [0.29, 0.717) is 22.3 Å². The number of H-pyrrole nitrogens is 1. The molecule has 0 fully saturated rings. The molecule has 0 spiro atoms. The van der Waals surface area contributed by atoms with Crippen molar-refractivity contribution in [3.05, 3.63) is 48.2 Å². The average Bonchev–Trinajstić information content (AvgIpc) is 3.08. The zero-order valence-electron chi connectivity index (χ0n) is 14.3. The highest BCUT2D eigenvalue weighted by Crippen LogP contribution is 2.23. The fraction of sp³-hybridized carbons (Fsp3) is 0.235. The molecule has 1 atom stereocenters. The molecule has 0 saturated carbocycles. The number of benzene rings is 1. The number of anilines is 1. The van der Waals surface area contributed by atoms with Crippen LogP contribution >= 0.6 is 0 Å². The van der Waals surface area contributed by atoms with Crippen molar-refractivity contribution in [2.45, 2.75) is 12.7 Å². The first-order valence-corrected chi connectivity index (χ1v) is 7.97. The van der Waals surface area contributed by atoms with Crippen molar-refractivity contribution in [3.8, 4) is 5.88 Å². The maximum absolute atomic E-state index is 12.4. The molecule has 3 rings (SSSR count). The lowest BCUT2D eigenvalue weighted by Crippen LogP contribution is -2.35. The number of amides is 2. The molecule has 0 aliphatic carbocycles. The smallest absolute Gasteiger partial charge is 0.345 e. The summed E-state index contributed by atoms with van der Waals surface area (Å²) >= 11 is 0. The summed E-state index contributed by atoms with van der Waals surface area (Å²) in [7, 11) is 1.49. The van der Waals surface area contributed by atoms with Crippen molar-refractivity contribution in [1.82, 2.24) is 20.5 Å². The van der Waals surface area contributed by atoms with Crippen molar-refractivity contribution in [2.24, 2.45) is 0 Å². The van der Waals surface area contributed by atoms with E-state index in [1.807, 2.05) is 0 Å². The maximum atomic E-state index is 12.4. The summed E-state index contributed by atoms with van der Waals surface area (Å²) in [4.78, 5) is 16.4. The van der Waals surface area contributed by atoms with Gasteiger partial charge in [0.2, 0.25) is 5.88 Å². The van der Waals surface area contributed by atoms with Gasteiger partial charge in [-0.3, -0.25) is 10.4 Å². The second kappa shape index (κ2) is 8.41. The van der Waals surface area contributed by atoms with E-state index < -0.39 is 18.7 Å². The van der Waals surface area contributed by atoms with E-state index in [9.17, 15) is 13.6 Å². The molecule has 0 radical (unpaired) electrons. The van der Waals surface area contributed by atoms with Crippen LogP contribution in [0.25, 0.3) is 10.9 Å². The maximum Gasteiger partial charge on any atom is 0.345 e. The van der Waals surface area contributed by atoms with E-state index in [1.54, 1.807) is 36.4 Å². The molecule has 27 heavy (non-hydrogen) atoms. The molecule has 0 saturated heterocycles. The topological polar surface area (TPSA) is 101 Å². The van der Waals surface area contributed by atoms with E-state index >= 15 is 0 Å². The molecule has 2 amide bonds. The number of halogens is 2. The van der Waals surface area contributed by atoms with E-state index in [2.05, 4.69) is 30.6 Å². The van der Waals surface area contributed by atoms with Crippen LogP contribution in [0.1, 0.15) is 11.6 Å². The molecular weight excluding hydrogens is 360 g/mol. The minimum Gasteiger partial charge on any atom is -0.479 e. The number of pyridine rings is 1. The highest BCUT2D eigenvalue weighted by molar-refractivity contribution is 5.92. The van der Waals surface area contributed by atoms with E-state index in [0.717, 1.165) is 0 Å². The number of urea groups is 1. The Bertz CT molecular complexity index is 904. The van der Waals surface area contributed by atoms with E-state index in [4.69, 9.17) is 4.74 Å². The summed E-state index contributed by atoms with van der Waals surface area (Å²) in [6.07, 6.45) is 1.50. The van der Waals surface area contributed by atoms with Gasteiger partial charge in [0.25, 0.3) is 0 Å². The van der Waals surface area contributed by atoms with Crippen LogP contribution in [-0.2, 0) is 4.74 Å². The van der Waals surface area contributed by atoms with E-state index in [-0.39, 0.29) is 12.4 Å². The molecule has 1 aromatic carbocycles. The lowest BCUT2D eigenvalue weighted by molar-refractivity contribution is -0.133. The molecule has 142 valence electrons. The Morgan fingerprint density at radius 3 is 2.78 bits per heavy atom. The highest BCUT2D eigenvalue weighted by Gasteiger charge is 2.18. The van der Waals surface area contributed by atoms with Crippen molar-refractivity contribution in [1.29, 1.82) is 0 Å². The SMILES string of the molecule is COc1n[nH]c2cc(NC(=O)NC(COC(F)F)c3ccccc3)ncc12. The van der Waals surface area contributed by atoms with Crippen LogP contribution in [0.2, 0.25) is 0 Å². The highest BCUT2D eigenvalue weighted by atomic mass is 19.3. The molecule has 1 unspecified atom stereocenters. The predicted octanol–water partition coefficient (Wildman–Crippen LogP) is 3.07. The van der Waals surface area contributed by atoms with Crippen molar-refractivity contribution >= 4 is 22.8 Å². The minimum atomic E-state index is -2.93. The summed E-state index contributed by atoms with van der Waals surface area (Å²) in [6.45, 7) is -3.31. The fourth-order valence-electron chi connectivity index (χ4n) is 2.50. The van der Waals surface area contributed by atoms with Crippen molar-refractivity contribution in [3.63, 3.8) is 0 Å². The van der Waals surface area contributed by atoms with Gasteiger partial charge in [0.05, 0.1) is 30.7 Å². The quantitative estimate of drug-likeness (QED) is 0.587. The number of nitrogens with one attached hydrogen (secondary N) is 3. The van der Waals surface area contributed by atoms with Gasteiger partial charge in [-0.05, 0) is 5.56 Å². The normalized spacial score (nSPS) is 12.1. The number of aromatic amines is 1. The van der Waals surface area contributed by atoms with Gasteiger partial charge in [-0.1, -0.05) is 30.3 Å². The van der Waals surface area contributed by atoms with Crippen LogP contribution in [0, 0.1) is 0 Å². The first kappa shape index (κ1) is 18.5. The van der Waals surface area contributed by atoms with Crippen molar-refractivity contribution in [2.75, 3.05) is 19.0 Å². The van der Waals surface area contributed by atoms with Crippen molar-refractivity contribution < 1.29 is 23.0 Å². The zero-order valence-corrected chi connectivity index (χ0v) is 14.3. The first-order chi connectivity index (χ1) is 13.1. The third-order valence-corrected chi connectivity index (χ3v) is 3.74. The molecule has 10 heteroatoms. The van der Waals surface area contributed by atoms with Gasteiger partial charge in [0.15, 0.2) is 0 Å². The van der Waals surface area contributed by atoms with Crippen LogP contribution < -0.4 is 15.4 Å². The fourth-order valence-corrected chi connectivity index (χ4v) is 2.50. The molecule has 0 aliphatic rings. The number of aromatic nitrogens is 3. The molecule has 8 nitrogen and oxygen atoms in total. The van der Waals surface area contributed by atoms with Crippen LogP contribution in [0.15, 0.2) is 42.6 Å². The molecular formula is C17H17F2N5O3. The summed E-state index contributed by atoms with van der Waals surface area (Å²) in [5.74, 6) is 0.648. The number of nitrogens with zero attached hydrogens (tertiary/aromatic N) is 2. The Hall–Kier alpha value is -3.27. The number of carbonyl (C=O) groups is 1. The van der Waals surface area contributed by atoms with Gasteiger partial charge < -0.3 is 14.8 Å². The van der Waals surface area contributed by atoms with Gasteiger partial charge in [-0.2, -0.15) is 8.78 Å². The Labute approximate surface area is 152 Å². The third-order valence-electron chi connectivity index (χ3n) is 3.74. The number of hydrogen-bond acceptors (Lipinski definition) is 5. The number of alkyl halides is 2. The standard InChI is InChI=1S/C17H17F2N5O3/c1-26-15-11-8-20-14(7-12(11)23-24-15)22-17(25)21-13(9-27-16(18)19)10-5-3-2-4-6-10/h2-8,13,16H,9H2,1H3,(H,23,24)(H2,20,21,22,25). The molecule has 2 heterocycles. The predicted molar refractivity (Wildman–Crippen MR) is 93.7 cm³/mol. The molecule has 2 aromatic heterocycles. The number of methoxy groups -OCH3 is 1. The number of rotatable bonds is 7. The number of hydrogen-bond donors (Lipinski definition) is 3. The van der Waals surface area contributed by atoms with Gasteiger partial charge >= 0.3 is 12.6 Å². The molecule has 3 N–H and O–H groups in total. The van der Waals surface area contributed by atoms with Gasteiger partial charge in [-0.25, -0.2) is 9.78 Å². The van der Waals surface area contributed by atoms with Gasteiger partial charge in [0, 0.05) is 12.3 Å². The van der Waals surface area contributed by atoms with E-state index in [1.165, 1.54) is 13.3 Å². The largest absolute Gasteiger partial charge is 0.479 e. The average molecular weight is 377 g/mol. The summed E-state index contributed by atoms with van der Waals surface area (Å²) in [5.41, 5.74) is 1.26. The van der Waals surface area contributed by atoms with Crippen LogP contribution in [-0.4, -0.2) is 41.5 Å². The van der Waals surface area contributed by atoms with Gasteiger partial charge in [-0.15, -0.1) is 5.10 Å². The lowest BCUT2D eigenvalue weighted by atomic mass is 10.1. The molecule has 0 bridgehead atoms. The Morgan fingerprint density at radius 1 is 1.30 bits per heavy atom. The second-order valence-electron chi connectivity index (χ2n) is 5.50. The first-order valence-electron chi connectivity index (χ1n) is 7.97. The van der Waals surface area contributed by atoms with Gasteiger partial charge in [0.1, 0.15) is 5.82 Å². The second-order valence-corrected chi connectivity index (χ2v) is 5.50. The lowest BCUT2D eigenvalue weighted by Gasteiger charge is -2.19. The zero-order chi connectivity index (χ0) is 19.2. The van der Waals surface area contributed by atoms with Crippen LogP contribution in [0.4, 0.5) is 19.4 Å². The van der Waals surface area contributed by atoms with Crippen LogP contribution in [0.3, 0.4) is 0 Å². The summed E-state index contributed by atoms with van der Waals surface area (Å²) < 4.78 is 34.2. The van der Waals surface area contributed by atoms with Crippen LogP contribution in [0.5, 0.6) is 5.88 Å². The Kier molecular flexibility index (Phi) is 5.77. The summed E-state index contributed by atoms with van der Waals surface area (Å²) in [6, 6.07) is 8.90.